The van der Waals surface area contributed by atoms with E-state index in [1.807, 2.05) is 25.1 Å². The number of imidazole rings is 1. The van der Waals surface area contributed by atoms with Crippen LogP contribution in [-0.4, -0.2) is 69.4 Å². The van der Waals surface area contributed by atoms with E-state index in [-0.39, 0.29) is 17.0 Å². The molecule has 1 N–H and O–H groups in total. The van der Waals surface area contributed by atoms with Crippen LogP contribution in [0.4, 0.5) is 15.9 Å². The topological polar surface area (TPSA) is 69.8 Å². The molecule has 10 heteroatoms. The molecule has 226 valence electrons. The molecule has 2 aromatic carbocycles. The molecule has 2 aliphatic rings. The van der Waals surface area contributed by atoms with Gasteiger partial charge in [-0.05, 0) is 75.5 Å². The normalized spacial score (nSPS) is 18.8. The van der Waals surface area contributed by atoms with Crippen molar-refractivity contribution in [1.29, 1.82) is 0 Å². The molecule has 0 aliphatic carbocycles. The van der Waals surface area contributed by atoms with Crippen molar-refractivity contribution in [2.45, 2.75) is 44.7 Å². The zero-order chi connectivity index (χ0) is 30.6. The van der Waals surface area contributed by atoms with E-state index >= 15 is 4.39 Å². The van der Waals surface area contributed by atoms with Crippen LogP contribution in [0.3, 0.4) is 0 Å². The fourth-order valence-corrected chi connectivity index (χ4v) is 7.26. The maximum atomic E-state index is 15.2. The predicted molar refractivity (Wildman–Crippen MR) is 171 cm³/mol. The fraction of sp³-hybridized carbons (Fsp3) is 0.394. The molecule has 0 radical (unpaired) electrons. The Labute approximate surface area is 256 Å². The second-order valence-corrected chi connectivity index (χ2v) is 12.7. The van der Waals surface area contributed by atoms with Crippen molar-refractivity contribution in [1.82, 2.24) is 19.0 Å². The summed E-state index contributed by atoms with van der Waals surface area (Å²) >= 11 is 6.60. The number of hydrogen-bond donors (Lipinski definition) is 1. The molecular formula is C33H38ClFN6O2. The average Bonchev–Trinajstić information content (AvgIpc) is 3.69. The van der Waals surface area contributed by atoms with Crippen LogP contribution < -0.4 is 15.5 Å². The lowest BCUT2D eigenvalue weighted by Gasteiger charge is -2.38. The molecule has 4 aromatic rings. The number of phenols is 1. The molecule has 1 atom stereocenters. The van der Waals surface area contributed by atoms with Crippen molar-refractivity contribution in [2.75, 3.05) is 43.5 Å². The summed E-state index contributed by atoms with van der Waals surface area (Å²) in [5, 5.41) is 11.8. The summed E-state index contributed by atoms with van der Waals surface area (Å²) in [6.45, 7) is 7.49. The Balaban J connectivity index is 1.39. The third kappa shape index (κ3) is 5.08. The Kier molecular flexibility index (Phi) is 7.50. The van der Waals surface area contributed by atoms with Crippen LogP contribution in [0.1, 0.15) is 33.1 Å². The average molecular weight is 605 g/mol. The zero-order valence-electron chi connectivity index (χ0n) is 25.3. The maximum Gasteiger partial charge on any atom is 0.332 e. The highest BCUT2D eigenvalue weighted by Gasteiger charge is 2.47. The van der Waals surface area contributed by atoms with E-state index in [9.17, 15) is 9.90 Å². The first kappa shape index (κ1) is 29.3. The molecule has 1 unspecified atom stereocenters. The Bertz CT molecular complexity index is 1750. The lowest BCUT2D eigenvalue weighted by atomic mass is 9.94. The summed E-state index contributed by atoms with van der Waals surface area (Å²) in [5.74, 6) is 0.288. The van der Waals surface area contributed by atoms with E-state index in [2.05, 4.69) is 23.6 Å². The number of benzene rings is 2. The van der Waals surface area contributed by atoms with Crippen molar-refractivity contribution in [2.24, 2.45) is 7.05 Å². The van der Waals surface area contributed by atoms with Gasteiger partial charge in [-0.25, -0.2) is 14.2 Å². The minimum Gasteiger partial charge on any atom is -0.507 e. The van der Waals surface area contributed by atoms with Gasteiger partial charge in [-0.15, -0.1) is 0 Å². The highest BCUT2D eigenvalue weighted by atomic mass is 35.5. The smallest absolute Gasteiger partial charge is 0.332 e. The van der Waals surface area contributed by atoms with Crippen molar-refractivity contribution in [3.05, 3.63) is 76.3 Å². The number of likely N-dealkylation sites (tertiary alicyclic amines) is 1. The van der Waals surface area contributed by atoms with E-state index in [0.717, 1.165) is 37.6 Å². The molecule has 2 aromatic heterocycles. The van der Waals surface area contributed by atoms with Crippen molar-refractivity contribution in [3.8, 4) is 33.7 Å². The van der Waals surface area contributed by atoms with Crippen molar-refractivity contribution < 1.29 is 9.50 Å². The summed E-state index contributed by atoms with van der Waals surface area (Å²) < 4.78 is 18.1. The SMILES string of the molecule is CC(C)N1CCCC12CCN(c1cc(-c3cc(F)cc(-c4ccc(-n5ccn(C)c5=O)c(Cl)c4)c3O)cnc1N(C)C)C2. The standard InChI is InChI=1S/C33H38ClFN6O2/c1-21(2)41-11-6-9-33(41)10-12-39(20-33)29-16-23(19-36-31(29)37(3)4)26-18-24(35)17-25(30(26)42)22-7-8-28(27(34)15-22)40-14-13-38(5)32(40)43/h7-8,13-19,21,42H,6,9-12,20H2,1-5H3. The molecule has 4 heterocycles. The number of anilines is 2. The summed E-state index contributed by atoms with van der Waals surface area (Å²) in [4.78, 5) is 24.3. The third-order valence-corrected chi connectivity index (χ3v) is 9.37. The molecule has 2 aliphatic heterocycles. The van der Waals surface area contributed by atoms with Crippen LogP contribution in [-0.2, 0) is 7.05 Å². The van der Waals surface area contributed by atoms with Crippen LogP contribution in [0, 0.1) is 5.82 Å². The number of halogens is 2. The first-order valence-corrected chi connectivity index (χ1v) is 15.1. The van der Waals surface area contributed by atoms with Crippen LogP contribution in [0.2, 0.25) is 5.02 Å². The lowest BCUT2D eigenvalue weighted by Crippen LogP contribution is -2.49. The number of aromatic hydroxyl groups is 1. The van der Waals surface area contributed by atoms with E-state index in [1.54, 1.807) is 43.8 Å². The lowest BCUT2D eigenvalue weighted by molar-refractivity contribution is 0.120. The van der Waals surface area contributed by atoms with Gasteiger partial charge in [0.05, 0.1) is 16.4 Å². The number of nitrogens with zero attached hydrogens (tertiary/aromatic N) is 6. The molecule has 0 amide bonds. The van der Waals surface area contributed by atoms with E-state index < -0.39 is 5.82 Å². The largest absolute Gasteiger partial charge is 0.507 e. The monoisotopic (exact) mass is 604 g/mol. The minimum atomic E-state index is -0.487. The van der Waals surface area contributed by atoms with Crippen LogP contribution >= 0.6 is 11.6 Å². The van der Waals surface area contributed by atoms with Gasteiger partial charge < -0.3 is 19.5 Å². The molecule has 8 nitrogen and oxygen atoms in total. The van der Waals surface area contributed by atoms with Gasteiger partial charge >= 0.3 is 5.69 Å². The fourth-order valence-electron chi connectivity index (χ4n) is 6.99. The number of aryl methyl sites for hydroxylation is 1. The Morgan fingerprint density at radius 2 is 1.77 bits per heavy atom. The number of phenolic OH excluding ortho intramolecular Hbond substituents is 1. The third-order valence-electron chi connectivity index (χ3n) is 9.07. The van der Waals surface area contributed by atoms with E-state index in [1.165, 1.54) is 34.1 Å². The summed E-state index contributed by atoms with van der Waals surface area (Å²) in [6.07, 6.45) is 8.45. The molecule has 2 saturated heterocycles. The number of aromatic nitrogens is 3. The Morgan fingerprint density at radius 3 is 2.42 bits per heavy atom. The molecule has 43 heavy (non-hydrogen) atoms. The molecule has 2 fully saturated rings. The van der Waals surface area contributed by atoms with Gasteiger partial charge in [0.25, 0.3) is 0 Å². The van der Waals surface area contributed by atoms with Crippen molar-refractivity contribution >= 4 is 23.1 Å². The second kappa shape index (κ2) is 11.0. The molecule has 1 spiro atoms. The van der Waals surface area contributed by atoms with Gasteiger partial charge in [0, 0.05) is 81.1 Å². The highest BCUT2D eigenvalue weighted by molar-refractivity contribution is 6.32. The summed E-state index contributed by atoms with van der Waals surface area (Å²) in [6, 6.07) is 10.2. The second-order valence-electron chi connectivity index (χ2n) is 12.3. The summed E-state index contributed by atoms with van der Waals surface area (Å²) in [5.41, 5.74) is 3.22. The Morgan fingerprint density at radius 1 is 1.02 bits per heavy atom. The van der Waals surface area contributed by atoms with E-state index in [4.69, 9.17) is 16.6 Å². The minimum absolute atomic E-state index is 0.0629. The Hall–Kier alpha value is -3.82. The van der Waals surface area contributed by atoms with Crippen LogP contribution in [0.15, 0.2) is 59.8 Å². The van der Waals surface area contributed by atoms with Crippen molar-refractivity contribution in [3.63, 3.8) is 0 Å². The van der Waals surface area contributed by atoms with Gasteiger partial charge in [-0.3, -0.25) is 9.47 Å². The first-order chi connectivity index (χ1) is 20.5. The van der Waals surface area contributed by atoms with Crippen LogP contribution in [0.25, 0.3) is 27.9 Å². The number of rotatable bonds is 6. The molecule has 6 rings (SSSR count). The maximum absolute atomic E-state index is 15.2. The molecular weight excluding hydrogens is 567 g/mol. The predicted octanol–water partition coefficient (Wildman–Crippen LogP) is 5.92. The number of pyridine rings is 1. The van der Waals surface area contributed by atoms with Gasteiger partial charge in [0.1, 0.15) is 11.6 Å². The van der Waals surface area contributed by atoms with Gasteiger partial charge in [0.15, 0.2) is 5.82 Å². The molecule has 0 bridgehead atoms. The highest BCUT2D eigenvalue weighted by Crippen LogP contribution is 2.45. The van der Waals surface area contributed by atoms with Gasteiger partial charge in [0.2, 0.25) is 0 Å². The van der Waals surface area contributed by atoms with Crippen LogP contribution in [0.5, 0.6) is 5.75 Å². The van der Waals surface area contributed by atoms with Gasteiger partial charge in [-0.1, -0.05) is 17.7 Å². The first-order valence-electron chi connectivity index (χ1n) is 14.8. The molecule has 0 saturated carbocycles. The van der Waals surface area contributed by atoms with Gasteiger partial charge in [-0.2, -0.15) is 0 Å². The van der Waals surface area contributed by atoms with E-state index in [0.29, 0.717) is 39.0 Å². The summed E-state index contributed by atoms with van der Waals surface area (Å²) in [7, 11) is 5.61. The number of hydrogen-bond acceptors (Lipinski definition) is 6. The quantitative estimate of drug-likeness (QED) is 0.295. The zero-order valence-corrected chi connectivity index (χ0v) is 26.1.